The van der Waals surface area contributed by atoms with Crippen molar-refractivity contribution in [2.24, 2.45) is 0 Å². The van der Waals surface area contributed by atoms with E-state index in [0.29, 0.717) is 17.7 Å². The monoisotopic (exact) mass is 337 g/mol. The molecule has 2 rings (SSSR count). The van der Waals surface area contributed by atoms with Gasteiger partial charge < -0.3 is 9.15 Å². The van der Waals surface area contributed by atoms with Crippen LogP contribution < -0.4 is 4.72 Å². The fourth-order valence-electron chi connectivity index (χ4n) is 2.09. The number of sulfonamides is 1. The quantitative estimate of drug-likeness (QED) is 0.784. The SMILES string of the molecule is CCOC(=O)c1ccc(S(=O)(=O)NC(C)Cc2ccco2)cc1. The van der Waals surface area contributed by atoms with Crippen LogP contribution in [-0.4, -0.2) is 27.0 Å². The van der Waals surface area contributed by atoms with E-state index in [1.165, 1.54) is 24.3 Å². The predicted octanol–water partition coefficient (Wildman–Crippen LogP) is 2.37. The van der Waals surface area contributed by atoms with Crippen molar-refractivity contribution >= 4 is 16.0 Å². The average molecular weight is 337 g/mol. The van der Waals surface area contributed by atoms with Gasteiger partial charge in [-0.1, -0.05) is 0 Å². The van der Waals surface area contributed by atoms with Crippen LogP contribution in [0.3, 0.4) is 0 Å². The van der Waals surface area contributed by atoms with Gasteiger partial charge in [-0.2, -0.15) is 0 Å². The molecule has 1 aromatic carbocycles. The van der Waals surface area contributed by atoms with Gasteiger partial charge in [-0.3, -0.25) is 0 Å². The van der Waals surface area contributed by atoms with Crippen LogP contribution in [0.4, 0.5) is 0 Å². The molecule has 0 saturated heterocycles. The van der Waals surface area contributed by atoms with E-state index in [0.717, 1.165) is 0 Å². The number of carbonyl (C=O) groups excluding carboxylic acids is 1. The van der Waals surface area contributed by atoms with Crippen molar-refractivity contribution in [3.63, 3.8) is 0 Å². The van der Waals surface area contributed by atoms with Gasteiger partial charge in [0.2, 0.25) is 10.0 Å². The maximum atomic E-state index is 12.3. The Bertz CT molecular complexity index is 735. The Morgan fingerprint density at radius 2 is 1.96 bits per heavy atom. The first-order valence-corrected chi connectivity index (χ1v) is 8.72. The number of ether oxygens (including phenoxy) is 1. The third-order valence-electron chi connectivity index (χ3n) is 3.12. The summed E-state index contributed by atoms with van der Waals surface area (Å²) in [5.41, 5.74) is 0.314. The molecule has 124 valence electrons. The number of hydrogen-bond donors (Lipinski definition) is 1. The van der Waals surface area contributed by atoms with Crippen molar-refractivity contribution in [1.82, 2.24) is 4.72 Å². The van der Waals surface area contributed by atoms with Gasteiger partial charge >= 0.3 is 5.97 Å². The molecule has 0 aliphatic heterocycles. The van der Waals surface area contributed by atoms with E-state index in [9.17, 15) is 13.2 Å². The highest BCUT2D eigenvalue weighted by atomic mass is 32.2. The van der Waals surface area contributed by atoms with Crippen LogP contribution in [-0.2, 0) is 21.2 Å². The van der Waals surface area contributed by atoms with Crippen molar-refractivity contribution < 1.29 is 22.4 Å². The lowest BCUT2D eigenvalue weighted by atomic mass is 10.2. The molecule has 0 saturated carbocycles. The van der Waals surface area contributed by atoms with Gasteiger partial charge in [-0.05, 0) is 50.2 Å². The highest BCUT2D eigenvalue weighted by Crippen LogP contribution is 2.13. The molecule has 2 aromatic rings. The first-order chi connectivity index (χ1) is 10.9. The summed E-state index contributed by atoms with van der Waals surface area (Å²) in [5.74, 6) is 0.230. The smallest absolute Gasteiger partial charge is 0.338 e. The van der Waals surface area contributed by atoms with Crippen LogP contribution in [0, 0.1) is 0 Å². The zero-order valence-corrected chi connectivity index (χ0v) is 13.8. The molecule has 1 atom stereocenters. The Labute approximate surface area is 135 Å². The molecule has 23 heavy (non-hydrogen) atoms. The topological polar surface area (TPSA) is 85.6 Å². The second kappa shape index (κ2) is 7.43. The van der Waals surface area contributed by atoms with Crippen molar-refractivity contribution in [2.75, 3.05) is 6.61 Å². The number of furan rings is 1. The van der Waals surface area contributed by atoms with E-state index >= 15 is 0 Å². The summed E-state index contributed by atoms with van der Waals surface area (Å²) in [7, 11) is -3.66. The lowest BCUT2D eigenvalue weighted by Crippen LogP contribution is -2.34. The molecule has 1 N–H and O–H groups in total. The first kappa shape index (κ1) is 17.2. The van der Waals surface area contributed by atoms with Crippen molar-refractivity contribution in [1.29, 1.82) is 0 Å². The number of hydrogen-bond acceptors (Lipinski definition) is 5. The number of carbonyl (C=O) groups is 1. The second-order valence-electron chi connectivity index (χ2n) is 5.05. The molecule has 0 fully saturated rings. The van der Waals surface area contributed by atoms with Crippen LogP contribution in [0.15, 0.2) is 52.0 Å². The maximum Gasteiger partial charge on any atom is 0.338 e. The fourth-order valence-corrected chi connectivity index (χ4v) is 3.33. The van der Waals surface area contributed by atoms with Crippen molar-refractivity contribution in [3.8, 4) is 0 Å². The molecule has 6 nitrogen and oxygen atoms in total. The van der Waals surface area contributed by atoms with Gasteiger partial charge in [-0.25, -0.2) is 17.9 Å². The summed E-state index contributed by atoms with van der Waals surface area (Å²) >= 11 is 0. The molecular weight excluding hydrogens is 318 g/mol. The largest absolute Gasteiger partial charge is 0.469 e. The summed E-state index contributed by atoms with van der Waals surface area (Å²) in [6.45, 7) is 3.73. The third kappa shape index (κ3) is 4.67. The summed E-state index contributed by atoms with van der Waals surface area (Å²) < 4.78 is 37.3. The Balaban J connectivity index is 2.05. The Hall–Kier alpha value is -2.12. The van der Waals surface area contributed by atoms with Crippen LogP contribution in [0.5, 0.6) is 0 Å². The second-order valence-corrected chi connectivity index (χ2v) is 6.76. The van der Waals surface area contributed by atoms with E-state index < -0.39 is 16.0 Å². The summed E-state index contributed by atoms with van der Waals surface area (Å²) in [4.78, 5) is 11.7. The van der Waals surface area contributed by atoms with E-state index in [1.807, 2.05) is 0 Å². The highest BCUT2D eigenvalue weighted by molar-refractivity contribution is 7.89. The van der Waals surface area contributed by atoms with Crippen molar-refractivity contribution in [2.45, 2.75) is 31.2 Å². The molecule has 1 heterocycles. The third-order valence-corrected chi connectivity index (χ3v) is 4.72. The Morgan fingerprint density at radius 1 is 1.26 bits per heavy atom. The maximum absolute atomic E-state index is 12.3. The minimum absolute atomic E-state index is 0.0943. The van der Waals surface area contributed by atoms with Crippen LogP contribution in [0.1, 0.15) is 30.0 Å². The number of benzene rings is 1. The average Bonchev–Trinajstić information content (AvgIpc) is 3.00. The molecule has 7 heteroatoms. The minimum Gasteiger partial charge on any atom is -0.469 e. The number of esters is 1. The van der Waals surface area contributed by atoms with Gasteiger partial charge in [0, 0.05) is 12.5 Å². The lowest BCUT2D eigenvalue weighted by molar-refractivity contribution is 0.0526. The van der Waals surface area contributed by atoms with Gasteiger partial charge in [0.1, 0.15) is 5.76 Å². The van der Waals surface area contributed by atoms with Gasteiger partial charge in [0.25, 0.3) is 0 Å². The highest BCUT2D eigenvalue weighted by Gasteiger charge is 2.19. The van der Waals surface area contributed by atoms with Crippen LogP contribution >= 0.6 is 0 Å². The summed E-state index contributed by atoms with van der Waals surface area (Å²) in [5, 5.41) is 0. The Morgan fingerprint density at radius 3 is 2.52 bits per heavy atom. The molecule has 0 amide bonds. The molecule has 1 unspecified atom stereocenters. The predicted molar refractivity (Wildman–Crippen MR) is 84.6 cm³/mol. The first-order valence-electron chi connectivity index (χ1n) is 7.24. The Kier molecular flexibility index (Phi) is 5.57. The van der Waals surface area contributed by atoms with Crippen LogP contribution in [0.25, 0.3) is 0 Å². The van der Waals surface area contributed by atoms with Gasteiger partial charge in [0.15, 0.2) is 0 Å². The van der Waals surface area contributed by atoms with Gasteiger partial charge in [-0.15, -0.1) is 0 Å². The minimum atomic E-state index is -3.66. The standard InChI is InChI=1S/C16H19NO5S/c1-3-21-16(18)13-6-8-15(9-7-13)23(19,20)17-12(2)11-14-5-4-10-22-14/h4-10,12,17H,3,11H2,1-2H3. The zero-order valence-electron chi connectivity index (χ0n) is 13.0. The number of nitrogens with one attached hydrogen (secondary N) is 1. The van der Waals surface area contributed by atoms with Crippen molar-refractivity contribution in [3.05, 3.63) is 54.0 Å². The number of rotatable bonds is 7. The molecule has 0 aliphatic rings. The van der Waals surface area contributed by atoms with E-state index in [2.05, 4.69) is 4.72 Å². The fraction of sp³-hybridized carbons (Fsp3) is 0.312. The molecule has 0 bridgehead atoms. The van der Waals surface area contributed by atoms with E-state index in [-0.39, 0.29) is 17.5 Å². The molecule has 0 radical (unpaired) electrons. The van der Waals surface area contributed by atoms with E-state index in [1.54, 1.807) is 32.2 Å². The van der Waals surface area contributed by atoms with E-state index in [4.69, 9.17) is 9.15 Å². The van der Waals surface area contributed by atoms with Gasteiger partial charge in [0.05, 0.1) is 23.3 Å². The summed E-state index contributed by atoms with van der Waals surface area (Å²) in [6, 6.07) is 8.86. The normalized spacial score (nSPS) is 12.8. The molecule has 0 aliphatic carbocycles. The summed E-state index contributed by atoms with van der Waals surface area (Å²) in [6.07, 6.45) is 2.00. The van der Waals surface area contributed by atoms with Crippen LogP contribution in [0.2, 0.25) is 0 Å². The molecular formula is C16H19NO5S. The molecule has 1 aromatic heterocycles. The lowest BCUT2D eigenvalue weighted by Gasteiger charge is -2.13. The molecule has 0 spiro atoms. The zero-order chi connectivity index (χ0) is 16.9.